The number of nitrogens with one attached hydrogen (secondary N) is 1. The number of hydrogen-bond acceptors (Lipinski definition) is 6. The summed E-state index contributed by atoms with van der Waals surface area (Å²) in [5, 5.41) is 22.0. The number of imidazole rings is 1. The van der Waals surface area contributed by atoms with E-state index in [9.17, 15) is 9.50 Å². The molecule has 29 heavy (non-hydrogen) atoms. The average Bonchev–Trinajstić information content (AvgIpc) is 3.18. The molecule has 1 aromatic carbocycles. The van der Waals surface area contributed by atoms with E-state index in [2.05, 4.69) is 20.5 Å². The third-order valence-electron chi connectivity index (χ3n) is 5.82. The quantitative estimate of drug-likeness (QED) is 0.707. The van der Waals surface area contributed by atoms with Crippen molar-refractivity contribution in [2.75, 3.05) is 6.54 Å². The van der Waals surface area contributed by atoms with Gasteiger partial charge in [-0.25, -0.2) is 9.37 Å². The van der Waals surface area contributed by atoms with E-state index in [4.69, 9.17) is 4.74 Å². The minimum Gasteiger partial charge on any atom is -0.507 e. The van der Waals surface area contributed by atoms with Crippen molar-refractivity contribution in [2.45, 2.75) is 38.1 Å². The zero-order valence-electron chi connectivity index (χ0n) is 16.0. The summed E-state index contributed by atoms with van der Waals surface area (Å²) >= 11 is 0. The molecule has 4 heterocycles. The predicted octanol–water partition coefficient (Wildman–Crippen LogP) is 2.81. The zero-order valence-corrected chi connectivity index (χ0v) is 16.0. The summed E-state index contributed by atoms with van der Waals surface area (Å²) in [6.45, 7) is 2.68. The molecule has 1 aliphatic carbocycles. The number of phenols is 1. The van der Waals surface area contributed by atoms with E-state index in [1.54, 1.807) is 30.6 Å². The van der Waals surface area contributed by atoms with Gasteiger partial charge in [-0.2, -0.15) is 0 Å². The number of nitrogens with zero attached hydrogens (tertiary/aromatic N) is 4. The van der Waals surface area contributed by atoms with Crippen LogP contribution >= 0.6 is 0 Å². The summed E-state index contributed by atoms with van der Waals surface area (Å²) in [4.78, 5) is 4.19. The van der Waals surface area contributed by atoms with Gasteiger partial charge in [-0.05, 0) is 38.0 Å². The van der Waals surface area contributed by atoms with Crippen molar-refractivity contribution in [2.24, 2.45) is 5.92 Å². The molecule has 6 rings (SSSR count). The van der Waals surface area contributed by atoms with E-state index in [1.165, 1.54) is 0 Å². The number of aromatic hydroxyl groups is 1. The van der Waals surface area contributed by atoms with Crippen LogP contribution in [-0.4, -0.2) is 49.7 Å². The Morgan fingerprint density at radius 1 is 1.21 bits per heavy atom. The van der Waals surface area contributed by atoms with Gasteiger partial charge < -0.3 is 19.7 Å². The van der Waals surface area contributed by atoms with E-state index in [1.807, 2.05) is 23.8 Å². The van der Waals surface area contributed by atoms with E-state index >= 15 is 0 Å². The third-order valence-corrected chi connectivity index (χ3v) is 5.82. The second-order valence-electron chi connectivity index (χ2n) is 7.76. The molecule has 2 N–H and O–H groups in total. The Bertz CT molecular complexity index is 1010. The summed E-state index contributed by atoms with van der Waals surface area (Å²) in [5.41, 5.74) is 2.78. The van der Waals surface area contributed by atoms with Crippen LogP contribution in [0.15, 0.2) is 42.9 Å². The summed E-state index contributed by atoms with van der Waals surface area (Å²) in [6.07, 6.45) is 3.87. The second kappa shape index (κ2) is 7.11. The molecule has 7 nitrogen and oxygen atoms in total. The number of fused-ring (bicyclic) bond motifs is 3. The maximum Gasteiger partial charge on any atom is 0.233 e. The van der Waals surface area contributed by atoms with Crippen LogP contribution in [0, 0.1) is 12.8 Å². The lowest BCUT2D eigenvalue weighted by Crippen LogP contribution is -2.61. The van der Waals surface area contributed by atoms with Crippen LogP contribution in [0.4, 0.5) is 4.39 Å². The SMILES string of the molecule is Cc1cn(-c2ccc(-c3ccc(O[C@@H]4[C@H]5CC[C@H](NC5)[C@H]4F)nn3)c(O)c2)cn1. The molecule has 3 fully saturated rings. The van der Waals surface area contributed by atoms with Crippen LogP contribution in [0.5, 0.6) is 11.6 Å². The van der Waals surface area contributed by atoms with E-state index in [-0.39, 0.29) is 17.7 Å². The molecular weight excluding hydrogens is 373 g/mol. The van der Waals surface area contributed by atoms with Gasteiger partial charge in [0.15, 0.2) is 6.17 Å². The van der Waals surface area contributed by atoms with Gasteiger partial charge in [-0.15, -0.1) is 10.2 Å². The fraction of sp³-hybridized carbons (Fsp3) is 0.381. The van der Waals surface area contributed by atoms with Crippen LogP contribution in [0.1, 0.15) is 18.5 Å². The maximum absolute atomic E-state index is 14.5. The summed E-state index contributed by atoms with van der Waals surface area (Å²) < 4.78 is 22.2. The highest BCUT2D eigenvalue weighted by molar-refractivity contribution is 5.68. The number of phenolic OH excluding ortho intramolecular Hbond substituents is 1. The predicted molar refractivity (Wildman–Crippen MR) is 105 cm³/mol. The van der Waals surface area contributed by atoms with Crippen molar-refractivity contribution in [3.05, 3.63) is 48.5 Å². The van der Waals surface area contributed by atoms with Crippen LogP contribution < -0.4 is 10.1 Å². The lowest BCUT2D eigenvalue weighted by molar-refractivity contribution is -0.0353. The molecule has 0 unspecified atom stereocenters. The lowest BCUT2D eigenvalue weighted by atomic mass is 9.78. The molecule has 1 saturated carbocycles. The van der Waals surface area contributed by atoms with Crippen molar-refractivity contribution >= 4 is 0 Å². The van der Waals surface area contributed by atoms with Gasteiger partial charge in [0.25, 0.3) is 0 Å². The molecule has 0 radical (unpaired) electrons. The normalized spacial score (nSPS) is 25.9. The van der Waals surface area contributed by atoms with Crippen LogP contribution in [-0.2, 0) is 0 Å². The number of alkyl halides is 1. The number of ether oxygens (including phenoxy) is 1. The molecule has 4 atom stereocenters. The molecule has 3 aromatic rings. The Morgan fingerprint density at radius 2 is 2.10 bits per heavy atom. The van der Waals surface area contributed by atoms with Gasteiger partial charge in [0.1, 0.15) is 11.9 Å². The van der Waals surface area contributed by atoms with Gasteiger partial charge in [-0.1, -0.05) is 0 Å². The maximum atomic E-state index is 14.5. The molecular formula is C21H22FN5O2. The lowest BCUT2D eigenvalue weighted by Gasteiger charge is -2.44. The fourth-order valence-corrected chi connectivity index (χ4v) is 4.23. The number of piperidine rings is 2. The number of aryl methyl sites for hydroxylation is 1. The van der Waals surface area contributed by atoms with Gasteiger partial charge in [0.05, 0.1) is 23.4 Å². The van der Waals surface area contributed by atoms with E-state index < -0.39 is 12.3 Å². The molecule has 8 heteroatoms. The topological polar surface area (TPSA) is 85.1 Å². The number of hydrogen-bond donors (Lipinski definition) is 2. The van der Waals surface area contributed by atoms with E-state index in [0.717, 1.165) is 30.8 Å². The average molecular weight is 395 g/mol. The highest BCUT2D eigenvalue weighted by Gasteiger charge is 2.45. The number of benzene rings is 1. The van der Waals surface area contributed by atoms with Gasteiger partial charge in [0.2, 0.25) is 5.88 Å². The van der Waals surface area contributed by atoms with Crippen molar-refractivity contribution in [3.63, 3.8) is 0 Å². The Morgan fingerprint density at radius 3 is 2.72 bits per heavy atom. The first-order chi connectivity index (χ1) is 14.1. The van der Waals surface area contributed by atoms with Crippen LogP contribution in [0.3, 0.4) is 0 Å². The monoisotopic (exact) mass is 395 g/mol. The highest BCUT2D eigenvalue weighted by atomic mass is 19.1. The van der Waals surface area contributed by atoms with Gasteiger partial charge >= 0.3 is 0 Å². The first-order valence-corrected chi connectivity index (χ1v) is 9.81. The second-order valence-corrected chi connectivity index (χ2v) is 7.76. The Hall–Kier alpha value is -3.00. The first kappa shape index (κ1) is 18.1. The number of halogens is 1. The smallest absolute Gasteiger partial charge is 0.233 e. The Kier molecular flexibility index (Phi) is 4.43. The zero-order chi connectivity index (χ0) is 20.0. The van der Waals surface area contributed by atoms with Crippen molar-refractivity contribution < 1.29 is 14.2 Å². The molecule has 2 aromatic heterocycles. The minimum absolute atomic E-state index is 0.0938. The number of aromatic nitrogens is 4. The molecule has 150 valence electrons. The van der Waals surface area contributed by atoms with Crippen LogP contribution in [0.2, 0.25) is 0 Å². The Labute approximate surface area is 167 Å². The molecule has 2 saturated heterocycles. The number of rotatable bonds is 4. The summed E-state index contributed by atoms with van der Waals surface area (Å²) in [6, 6.07) is 8.59. The van der Waals surface area contributed by atoms with Crippen molar-refractivity contribution in [3.8, 4) is 28.6 Å². The van der Waals surface area contributed by atoms with E-state index in [0.29, 0.717) is 17.1 Å². The third kappa shape index (κ3) is 3.33. The van der Waals surface area contributed by atoms with Gasteiger partial charge in [-0.3, -0.25) is 0 Å². The Balaban J connectivity index is 1.34. The van der Waals surface area contributed by atoms with Crippen molar-refractivity contribution in [1.82, 2.24) is 25.1 Å². The van der Waals surface area contributed by atoms with Gasteiger partial charge in [0, 0.05) is 42.4 Å². The largest absolute Gasteiger partial charge is 0.507 e. The molecule has 2 aliphatic heterocycles. The summed E-state index contributed by atoms with van der Waals surface area (Å²) in [5.74, 6) is 0.551. The molecule has 0 spiro atoms. The summed E-state index contributed by atoms with van der Waals surface area (Å²) in [7, 11) is 0. The molecule has 2 bridgehead atoms. The minimum atomic E-state index is -1.03. The highest BCUT2D eigenvalue weighted by Crippen LogP contribution is 2.35. The first-order valence-electron chi connectivity index (χ1n) is 9.81. The standard InChI is InChI=1S/C21H22FN5O2/c1-12-10-27(11-24-12)14-3-4-15(18(28)8-14)16-6-7-19(26-25-16)29-21-13-2-5-17(20(21)22)23-9-13/h3-4,6-8,10-11,13,17,20-21,23,28H,2,5,9H2,1H3/t13-,17-,20+,21+/m0/s1. The molecule has 0 amide bonds. The van der Waals surface area contributed by atoms with Crippen LogP contribution in [0.25, 0.3) is 16.9 Å². The van der Waals surface area contributed by atoms with Crippen molar-refractivity contribution in [1.29, 1.82) is 0 Å². The molecule has 3 aliphatic rings. The fourth-order valence-electron chi connectivity index (χ4n) is 4.23.